The second-order valence-corrected chi connectivity index (χ2v) is 9.41. The second-order valence-electron chi connectivity index (χ2n) is 9.02. The summed E-state index contributed by atoms with van der Waals surface area (Å²) in [6.07, 6.45) is 3.62. The first kappa shape index (κ1) is 23.7. The summed E-state index contributed by atoms with van der Waals surface area (Å²) in [4.78, 5) is 22.2. The summed E-state index contributed by atoms with van der Waals surface area (Å²) < 4.78 is 7.84. The van der Waals surface area contributed by atoms with Crippen molar-refractivity contribution < 1.29 is 9.53 Å². The largest absolute Gasteiger partial charge is 0.459 e. The molecule has 0 aliphatic carbocycles. The molecule has 1 aliphatic heterocycles. The summed E-state index contributed by atoms with van der Waals surface area (Å²) in [6, 6.07) is 7.99. The Morgan fingerprint density at radius 3 is 2.52 bits per heavy atom. The Balaban J connectivity index is 1.85. The van der Waals surface area contributed by atoms with Crippen LogP contribution in [0.5, 0.6) is 0 Å². The molecule has 1 aliphatic rings. The number of halogens is 1. The van der Waals surface area contributed by atoms with E-state index in [0.29, 0.717) is 10.7 Å². The van der Waals surface area contributed by atoms with E-state index in [9.17, 15) is 4.79 Å². The minimum atomic E-state index is -0.283. The highest BCUT2D eigenvalue weighted by Crippen LogP contribution is 2.34. The summed E-state index contributed by atoms with van der Waals surface area (Å²) in [5, 5.41) is 0.445. The molecule has 1 fully saturated rings. The molecule has 0 radical (unpaired) electrons. The highest BCUT2D eigenvalue weighted by molar-refractivity contribution is 6.29. The Morgan fingerprint density at radius 1 is 1.15 bits per heavy atom. The number of carbonyl (C=O) groups excluding carboxylic acids is 1. The lowest BCUT2D eigenvalue weighted by molar-refractivity contribution is 0.0376. The average Bonchev–Trinajstić information content (AvgIpc) is 3.21. The van der Waals surface area contributed by atoms with Crippen LogP contribution >= 0.6 is 11.6 Å². The molecule has 1 unspecified atom stereocenters. The van der Waals surface area contributed by atoms with Gasteiger partial charge < -0.3 is 14.0 Å². The number of ether oxygens (including phenoxy) is 1. The van der Waals surface area contributed by atoms with Gasteiger partial charge in [-0.1, -0.05) is 18.5 Å². The summed E-state index contributed by atoms with van der Waals surface area (Å²) >= 11 is 6.18. The van der Waals surface area contributed by atoms with Gasteiger partial charge >= 0.3 is 5.97 Å². The molecule has 0 spiro atoms. The third-order valence-corrected chi connectivity index (χ3v) is 6.86. The highest BCUT2D eigenvalue weighted by Gasteiger charge is 2.27. The van der Waals surface area contributed by atoms with Crippen LogP contribution in [0.3, 0.4) is 0 Å². The Labute approximate surface area is 201 Å². The van der Waals surface area contributed by atoms with E-state index in [-0.39, 0.29) is 18.1 Å². The molecule has 1 saturated heterocycles. The summed E-state index contributed by atoms with van der Waals surface area (Å²) in [6.45, 7) is 15.5. The van der Waals surface area contributed by atoms with Crippen LogP contribution < -0.4 is 0 Å². The quantitative estimate of drug-likeness (QED) is 0.366. The first-order chi connectivity index (χ1) is 15.8. The first-order valence-electron chi connectivity index (χ1n) is 11.7. The fraction of sp³-hybridized carbons (Fsp3) is 0.462. The summed E-state index contributed by atoms with van der Waals surface area (Å²) in [7, 11) is 0. The van der Waals surface area contributed by atoms with Crippen molar-refractivity contribution >= 4 is 23.1 Å². The number of nitrogens with zero attached hydrogens (tertiary/aromatic N) is 4. The second kappa shape index (κ2) is 9.84. The Hall–Kier alpha value is -2.41. The van der Waals surface area contributed by atoms with Crippen molar-refractivity contribution in [3.8, 4) is 11.1 Å². The topological polar surface area (TPSA) is 50.1 Å². The van der Waals surface area contributed by atoms with Crippen molar-refractivity contribution in [1.82, 2.24) is 19.2 Å². The molecule has 6 nitrogen and oxygen atoms in total. The zero-order chi connectivity index (χ0) is 23.7. The molecule has 7 heteroatoms. The predicted octanol–water partition coefficient (Wildman–Crippen LogP) is 5.23. The van der Waals surface area contributed by atoms with E-state index >= 15 is 0 Å². The van der Waals surface area contributed by atoms with Crippen LogP contribution in [0.4, 0.5) is 0 Å². The summed E-state index contributed by atoms with van der Waals surface area (Å²) in [5.41, 5.74) is 5.66. The molecule has 33 heavy (non-hydrogen) atoms. The number of pyridine rings is 2. The molecule has 0 aromatic carbocycles. The SMILES string of the molecule is CCN1CCN(C(C)c2c(C)c(C(=O)OC(C)C)cc3c(-c4ccnc(Cl)c4)ccn23)CC1. The monoisotopic (exact) mass is 468 g/mol. The number of piperazine rings is 1. The maximum absolute atomic E-state index is 13.1. The highest BCUT2D eigenvalue weighted by atomic mass is 35.5. The van der Waals surface area contributed by atoms with E-state index in [2.05, 4.69) is 45.3 Å². The van der Waals surface area contributed by atoms with Gasteiger partial charge in [-0.2, -0.15) is 0 Å². The van der Waals surface area contributed by atoms with E-state index in [4.69, 9.17) is 16.3 Å². The number of aromatic nitrogens is 2. The smallest absolute Gasteiger partial charge is 0.338 e. The molecule has 176 valence electrons. The van der Waals surface area contributed by atoms with E-state index in [1.165, 1.54) is 0 Å². The summed E-state index contributed by atoms with van der Waals surface area (Å²) in [5.74, 6) is -0.283. The van der Waals surface area contributed by atoms with Crippen molar-refractivity contribution in [3.05, 3.63) is 58.6 Å². The molecule has 4 rings (SSSR count). The maximum atomic E-state index is 13.1. The number of fused-ring (bicyclic) bond motifs is 1. The Kier molecular flexibility index (Phi) is 7.07. The minimum absolute atomic E-state index is 0.152. The Morgan fingerprint density at radius 2 is 1.88 bits per heavy atom. The zero-order valence-corrected chi connectivity index (χ0v) is 20.9. The van der Waals surface area contributed by atoms with Crippen molar-refractivity contribution in [2.45, 2.75) is 46.8 Å². The van der Waals surface area contributed by atoms with Gasteiger partial charge in [0.15, 0.2) is 0 Å². The van der Waals surface area contributed by atoms with Gasteiger partial charge in [0.05, 0.1) is 17.2 Å². The number of rotatable bonds is 6. The molecular formula is C26H33ClN4O2. The van der Waals surface area contributed by atoms with Crippen LogP contribution in [-0.4, -0.2) is 64.0 Å². The molecule has 0 amide bonds. The van der Waals surface area contributed by atoms with Crippen LogP contribution in [0.15, 0.2) is 36.7 Å². The zero-order valence-electron chi connectivity index (χ0n) is 20.1. The molecule has 0 N–H and O–H groups in total. The maximum Gasteiger partial charge on any atom is 0.338 e. The van der Waals surface area contributed by atoms with Gasteiger partial charge in [-0.05, 0) is 69.6 Å². The van der Waals surface area contributed by atoms with Gasteiger partial charge in [0, 0.05) is 55.9 Å². The number of hydrogen-bond acceptors (Lipinski definition) is 5. The molecular weight excluding hydrogens is 436 g/mol. The standard InChI is InChI=1S/C26H33ClN4O2/c1-6-29-11-13-30(14-12-29)19(5)25-18(4)22(26(32)33-17(2)3)16-23-21(8-10-31(23)25)20-7-9-28-24(27)15-20/h7-10,15-17,19H,6,11-14H2,1-5H3. The molecule has 4 heterocycles. The van der Waals surface area contributed by atoms with Crippen LogP contribution in [0.1, 0.15) is 55.4 Å². The van der Waals surface area contributed by atoms with Gasteiger partial charge in [-0.25, -0.2) is 9.78 Å². The lowest BCUT2D eigenvalue weighted by Crippen LogP contribution is -2.47. The van der Waals surface area contributed by atoms with E-state index in [0.717, 1.165) is 60.6 Å². The van der Waals surface area contributed by atoms with Gasteiger partial charge in [-0.15, -0.1) is 0 Å². The molecule has 0 bridgehead atoms. The molecule has 3 aromatic rings. The van der Waals surface area contributed by atoms with Crippen molar-refractivity contribution in [2.24, 2.45) is 0 Å². The van der Waals surface area contributed by atoms with Gasteiger partial charge in [0.25, 0.3) is 0 Å². The fourth-order valence-corrected chi connectivity index (χ4v) is 5.00. The first-order valence-corrected chi connectivity index (χ1v) is 12.1. The van der Waals surface area contributed by atoms with Gasteiger partial charge in [0.1, 0.15) is 5.15 Å². The average molecular weight is 469 g/mol. The number of hydrogen-bond donors (Lipinski definition) is 0. The number of carbonyl (C=O) groups is 1. The fourth-order valence-electron chi connectivity index (χ4n) is 4.82. The van der Waals surface area contributed by atoms with Crippen molar-refractivity contribution in [3.63, 3.8) is 0 Å². The third-order valence-electron chi connectivity index (χ3n) is 6.65. The number of likely N-dealkylation sites (N-methyl/N-ethyl adjacent to an activating group) is 1. The minimum Gasteiger partial charge on any atom is -0.459 e. The lowest BCUT2D eigenvalue weighted by atomic mass is 9.99. The molecule has 1 atom stereocenters. The van der Waals surface area contributed by atoms with E-state index in [1.807, 2.05) is 39.0 Å². The lowest BCUT2D eigenvalue weighted by Gasteiger charge is -2.38. The molecule has 3 aromatic heterocycles. The van der Waals surface area contributed by atoms with Crippen LogP contribution in [0.2, 0.25) is 5.15 Å². The van der Waals surface area contributed by atoms with Gasteiger partial charge in [0.2, 0.25) is 0 Å². The van der Waals surface area contributed by atoms with E-state index < -0.39 is 0 Å². The molecule has 0 saturated carbocycles. The van der Waals surface area contributed by atoms with Crippen molar-refractivity contribution in [1.29, 1.82) is 0 Å². The number of esters is 1. The van der Waals surface area contributed by atoms with Crippen LogP contribution in [-0.2, 0) is 4.74 Å². The van der Waals surface area contributed by atoms with Crippen LogP contribution in [0.25, 0.3) is 16.6 Å². The third kappa shape index (κ3) is 4.79. The van der Waals surface area contributed by atoms with Gasteiger partial charge in [-0.3, -0.25) is 4.90 Å². The predicted molar refractivity (Wildman–Crippen MR) is 133 cm³/mol. The normalized spacial score (nSPS) is 16.5. The van der Waals surface area contributed by atoms with Crippen molar-refractivity contribution in [2.75, 3.05) is 32.7 Å². The van der Waals surface area contributed by atoms with Crippen LogP contribution in [0, 0.1) is 6.92 Å². The Bertz CT molecular complexity index is 1150. The van der Waals surface area contributed by atoms with E-state index in [1.54, 1.807) is 6.20 Å².